The van der Waals surface area contributed by atoms with E-state index in [-0.39, 0.29) is 29.1 Å². The second kappa shape index (κ2) is 7.08. The Labute approximate surface area is 145 Å². The minimum absolute atomic E-state index is 0.0141. The lowest BCUT2D eigenvalue weighted by Crippen LogP contribution is -2.43. The predicted octanol–water partition coefficient (Wildman–Crippen LogP) is 3.53. The molecule has 1 aromatic heterocycles. The molecule has 1 saturated heterocycles. The number of aromatic nitrogens is 2. The molecule has 0 N–H and O–H groups in total. The maximum absolute atomic E-state index is 11.9. The number of esters is 1. The third-order valence-corrected chi connectivity index (χ3v) is 4.75. The van der Waals surface area contributed by atoms with Gasteiger partial charge in [0.05, 0.1) is 18.7 Å². The highest BCUT2D eigenvalue weighted by Crippen LogP contribution is 2.30. The summed E-state index contributed by atoms with van der Waals surface area (Å²) in [5.74, 6) is 2.30. The van der Waals surface area contributed by atoms with Crippen LogP contribution >= 0.6 is 0 Å². The Morgan fingerprint density at radius 1 is 1.33 bits per heavy atom. The van der Waals surface area contributed by atoms with Crippen molar-refractivity contribution < 1.29 is 9.53 Å². The van der Waals surface area contributed by atoms with Crippen LogP contribution in [0.4, 0.5) is 5.82 Å². The molecular weight excluding hydrogens is 302 g/mol. The second-order valence-corrected chi connectivity index (χ2v) is 8.22. The summed E-state index contributed by atoms with van der Waals surface area (Å²) in [5.41, 5.74) is 1.05. The van der Waals surface area contributed by atoms with Crippen LogP contribution in [0.15, 0.2) is 6.07 Å². The molecule has 134 valence electrons. The Morgan fingerprint density at radius 3 is 2.50 bits per heavy atom. The molecule has 0 amide bonds. The van der Waals surface area contributed by atoms with Crippen molar-refractivity contribution >= 4 is 11.8 Å². The summed E-state index contributed by atoms with van der Waals surface area (Å²) in [5, 5.41) is 0. The van der Waals surface area contributed by atoms with E-state index < -0.39 is 0 Å². The van der Waals surface area contributed by atoms with Crippen LogP contribution in [0.25, 0.3) is 0 Å². The second-order valence-electron chi connectivity index (χ2n) is 8.22. The molecule has 0 aliphatic carbocycles. The molecule has 5 nitrogen and oxygen atoms in total. The summed E-state index contributed by atoms with van der Waals surface area (Å²) in [6, 6.07) is 2.11. The number of rotatable bonds is 3. The summed E-state index contributed by atoms with van der Waals surface area (Å²) in [6.45, 7) is 14.5. The zero-order chi connectivity index (χ0) is 18.1. The maximum atomic E-state index is 11.9. The number of hydrogen-bond donors (Lipinski definition) is 0. The quantitative estimate of drug-likeness (QED) is 0.792. The van der Waals surface area contributed by atoms with Crippen LogP contribution in [-0.2, 0) is 14.9 Å². The van der Waals surface area contributed by atoms with Crippen molar-refractivity contribution in [1.82, 2.24) is 9.97 Å². The third-order valence-electron chi connectivity index (χ3n) is 4.75. The maximum Gasteiger partial charge on any atom is 0.309 e. The molecular formula is C19H31N3O2. The van der Waals surface area contributed by atoms with E-state index in [1.807, 2.05) is 0 Å². The Kier molecular flexibility index (Phi) is 5.51. The fourth-order valence-electron chi connectivity index (χ4n) is 3.11. The van der Waals surface area contributed by atoms with Crippen LogP contribution in [0.3, 0.4) is 0 Å². The molecule has 0 aromatic carbocycles. The van der Waals surface area contributed by atoms with Gasteiger partial charge in [-0.05, 0) is 12.3 Å². The van der Waals surface area contributed by atoms with Crippen LogP contribution in [0.5, 0.6) is 0 Å². The molecule has 0 saturated carbocycles. The molecule has 0 bridgehead atoms. The molecule has 0 spiro atoms. The van der Waals surface area contributed by atoms with Crippen molar-refractivity contribution in [3.8, 4) is 0 Å². The third kappa shape index (κ3) is 4.05. The average molecular weight is 333 g/mol. The Hall–Kier alpha value is -1.65. The SMILES string of the molecule is COC(=O)C1CCN(c2cc(C(C)(C)C)nc(C(C)C)n2)CC1C. The fourth-order valence-corrected chi connectivity index (χ4v) is 3.11. The van der Waals surface area contributed by atoms with E-state index in [2.05, 4.69) is 52.5 Å². The molecule has 24 heavy (non-hydrogen) atoms. The number of methoxy groups -OCH3 is 1. The highest BCUT2D eigenvalue weighted by atomic mass is 16.5. The number of carbonyl (C=O) groups is 1. The van der Waals surface area contributed by atoms with Gasteiger partial charge in [-0.15, -0.1) is 0 Å². The average Bonchev–Trinajstić information content (AvgIpc) is 2.52. The predicted molar refractivity (Wildman–Crippen MR) is 96.3 cm³/mol. The van der Waals surface area contributed by atoms with Crippen molar-refractivity contribution in [3.63, 3.8) is 0 Å². The lowest BCUT2D eigenvalue weighted by Gasteiger charge is -2.36. The normalized spacial score (nSPS) is 21.9. The summed E-state index contributed by atoms with van der Waals surface area (Å²) < 4.78 is 4.93. The van der Waals surface area contributed by atoms with Gasteiger partial charge in [0, 0.05) is 30.5 Å². The monoisotopic (exact) mass is 333 g/mol. The van der Waals surface area contributed by atoms with Crippen molar-refractivity contribution in [2.24, 2.45) is 11.8 Å². The minimum Gasteiger partial charge on any atom is -0.469 e. The highest BCUT2D eigenvalue weighted by Gasteiger charge is 2.33. The van der Waals surface area contributed by atoms with Gasteiger partial charge in [-0.3, -0.25) is 4.79 Å². The summed E-state index contributed by atoms with van der Waals surface area (Å²) in [7, 11) is 1.47. The first-order valence-corrected chi connectivity index (χ1v) is 8.85. The topological polar surface area (TPSA) is 55.3 Å². The molecule has 1 aromatic rings. The van der Waals surface area contributed by atoms with E-state index in [0.29, 0.717) is 0 Å². The van der Waals surface area contributed by atoms with Crippen LogP contribution in [0, 0.1) is 11.8 Å². The molecule has 2 rings (SSSR count). The molecule has 0 radical (unpaired) electrons. The number of hydrogen-bond acceptors (Lipinski definition) is 5. The van der Waals surface area contributed by atoms with Gasteiger partial charge >= 0.3 is 5.97 Å². The van der Waals surface area contributed by atoms with Crippen molar-refractivity contribution in [2.75, 3.05) is 25.1 Å². The van der Waals surface area contributed by atoms with Crippen LogP contribution in [0.2, 0.25) is 0 Å². The number of piperidine rings is 1. The number of ether oxygens (including phenoxy) is 1. The first-order valence-electron chi connectivity index (χ1n) is 8.85. The van der Waals surface area contributed by atoms with Crippen molar-refractivity contribution in [1.29, 1.82) is 0 Å². The van der Waals surface area contributed by atoms with Crippen LogP contribution < -0.4 is 4.90 Å². The van der Waals surface area contributed by atoms with E-state index >= 15 is 0 Å². The zero-order valence-corrected chi connectivity index (χ0v) is 16.1. The van der Waals surface area contributed by atoms with E-state index in [0.717, 1.165) is 36.8 Å². The summed E-state index contributed by atoms with van der Waals surface area (Å²) >= 11 is 0. The van der Waals surface area contributed by atoms with Gasteiger partial charge < -0.3 is 9.64 Å². The first-order chi connectivity index (χ1) is 11.1. The molecule has 5 heteroatoms. The number of nitrogens with zero attached hydrogens (tertiary/aromatic N) is 3. The Morgan fingerprint density at radius 2 is 2.00 bits per heavy atom. The van der Waals surface area contributed by atoms with E-state index in [9.17, 15) is 4.79 Å². The highest BCUT2D eigenvalue weighted by molar-refractivity contribution is 5.73. The smallest absolute Gasteiger partial charge is 0.309 e. The Bertz CT molecular complexity index is 593. The molecule has 1 aliphatic heterocycles. The molecule has 2 atom stereocenters. The van der Waals surface area contributed by atoms with E-state index in [4.69, 9.17) is 14.7 Å². The molecule has 1 fully saturated rings. The lowest BCUT2D eigenvalue weighted by atomic mass is 9.86. The zero-order valence-electron chi connectivity index (χ0n) is 16.1. The van der Waals surface area contributed by atoms with Crippen LogP contribution in [0.1, 0.15) is 65.4 Å². The number of carbonyl (C=O) groups excluding carboxylic acids is 1. The van der Waals surface area contributed by atoms with E-state index in [1.165, 1.54) is 7.11 Å². The van der Waals surface area contributed by atoms with Gasteiger partial charge in [0.25, 0.3) is 0 Å². The largest absolute Gasteiger partial charge is 0.469 e. The fraction of sp³-hybridized carbons (Fsp3) is 0.737. The van der Waals surface area contributed by atoms with E-state index in [1.54, 1.807) is 0 Å². The van der Waals surface area contributed by atoms with Gasteiger partial charge in [0.1, 0.15) is 11.6 Å². The van der Waals surface area contributed by atoms with Gasteiger partial charge in [-0.1, -0.05) is 41.5 Å². The summed E-state index contributed by atoms with van der Waals surface area (Å²) in [4.78, 5) is 23.7. The van der Waals surface area contributed by atoms with Gasteiger partial charge in [-0.2, -0.15) is 0 Å². The van der Waals surface area contributed by atoms with Crippen molar-refractivity contribution in [3.05, 3.63) is 17.6 Å². The van der Waals surface area contributed by atoms with Gasteiger partial charge in [0.2, 0.25) is 0 Å². The van der Waals surface area contributed by atoms with Crippen LogP contribution in [-0.4, -0.2) is 36.1 Å². The molecule has 1 aliphatic rings. The minimum atomic E-state index is -0.0944. The standard InChI is InChI=1S/C19H31N3O2/c1-12(2)17-20-15(19(4,5)6)10-16(21-17)22-9-8-14(13(3)11-22)18(23)24-7/h10,12-14H,8-9,11H2,1-7H3. The Balaban J connectivity index is 2.29. The van der Waals surface area contributed by atoms with Gasteiger partial charge in [0.15, 0.2) is 0 Å². The lowest BCUT2D eigenvalue weighted by molar-refractivity contribution is -0.147. The first kappa shape index (κ1) is 18.7. The van der Waals surface area contributed by atoms with Gasteiger partial charge in [-0.25, -0.2) is 9.97 Å². The number of anilines is 1. The molecule has 2 heterocycles. The summed E-state index contributed by atoms with van der Waals surface area (Å²) in [6.07, 6.45) is 0.805. The van der Waals surface area contributed by atoms with Crippen molar-refractivity contribution in [2.45, 2.75) is 59.3 Å². The molecule has 2 unspecified atom stereocenters.